The molecule has 5 nitrogen and oxygen atoms in total. The average molecular weight is 382 g/mol. The Kier molecular flexibility index (Phi) is 4.19. The Labute approximate surface area is 136 Å². The predicted octanol–water partition coefficient (Wildman–Crippen LogP) is 3.78. The van der Waals surface area contributed by atoms with Crippen molar-refractivity contribution in [1.82, 2.24) is 4.72 Å². The molecule has 0 aliphatic rings. The molecule has 0 aliphatic carbocycles. The summed E-state index contributed by atoms with van der Waals surface area (Å²) >= 11 is 3.24. The van der Waals surface area contributed by atoms with Crippen LogP contribution in [-0.4, -0.2) is 8.42 Å². The van der Waals surface area contributed by atoms with Crippen molar-refractivity contribution in [1.29, 1.82) is 0 Å². The lowest BCUT2D eigenvalue weighted by Gasteiger charge is -2.07. The number of hydrogen-bond acceptors (Lipinski definition) is 4. The number of sulfonamides is 1. The van der Waals surface area contributed by atoms with E-state index in [9.17, 15) is 8.42 Å². The van der Waals surface area contributed by atoms with Crippen LogP contribution in [-0.2, 0) is 16.6 Å². The fourth-order valence-electron chi connectivity index (χ4n) is 1.94. The van der Waals surface area contributed by atoms with Gasteiger partial charge < -0.3 is 8.83 Å². The van der Waals surface area contributed by atoms with Crippen LogP contribution >= 0.6 is 15.9 Å². The molecule has 0 unspecified atom stereocenters. The van der Waals surface area contributed by atoms with E-state index in [1.807, 2.05) is 0 Å². The molecule has 0 atom stereocenters. The molecule has 3 aromatic rings. The second-order valence-electron chi connectivity index (χ2n) is 4.53. The zero-order chi connectivity index (χ0) is 15.6. The van der Waals surface area contributed by atoms with Crippen molar-refractivity contribution >= 4 is 26.0 Å². The van der Waals surface area contributed by atoms with Gasteiger partial charge in [-0.05, 0) is 46.3 Å². The summed E-state index contributed by atoms with van der Waals surface area (Å²) in [5.41, 5.74) is 0.805. The SMILES string of the molecule is O=S(=O)(NCc1ccc(-c2ccoc2)o1)c1ccccc1Br. The largest absolute Gasteiger partial charge is 0.472 e. The molecule has 114 valence electrons. The van der Waals surface area contributed by atoms with Gasteiger partial charge in [-0.3, -0.25) is 0 Å². The Balaban J connectivity index is 1.74. The van der Waals surface area contributed by atoms with Crippen LogP contribution < -0.4 is 4.72 Å². The van der Waals surface area contributed by atoms with Crippen LogP contribution in [0.15, 0.2) is 73.2 Å². The van der Waals surface area contributed by atoms with Crippen molar-refractivity contribution in [3.05, 3.63) is 65.2 Å². The monoisotopic (exact) mass is 381 g/mol. The van der Waals surface area contributed by atoms with E-state index in [0.717, 1.165) is 5.56 Å². The molecule has 0 aliphatic heterocycles. The van der Waals surface area contributed by atoms with E-state index in [2.05, 4.69) is 20.7 Å². The van der Waals surface area contributed by atoms with Crippen LogP contribution in [0.4, 0.5) is 0 Å². The van der Waals surface area contributed by atoms with Crippen molar-refractivity contribution in [3.8, 4) is 11.3 Å². The van der Waals surface area contributed by atoms with Gasteiger partial charge in [-0.25, -0.2) is 13.1 Å². The summed E-state index contributed by atoms with van der Waals surface area (Å²) in [5.74, 6) is 1.15. The summed E-state index contributed by atoms with van der Waals surface area (Å²) < 4.78 is 38.1. The first-order valence-corrected chi connectivity index (χ1v) is 8.69. The van der Waals surface area contributed by atoms with Crippen LogP contribution in [0.25, 0.3) is 11.3 Å². The number of hydrogen-bond donors (Lipinski definition) is 1. The summed E-state index contributed by atoms with van der Waals surface area (Å²) in [7, 11) is -3.61. The quantitative estimate of drug-likeness (QED) is 0.729. The molecular formula is C15H12BrNO4S. The molecule has 3 rings (SSSR count). The molecule has 22 heavy (non-hydrogen) atoms. The zero-order valence-corrected chi connectivity index (χ0v) is 13.7. The van der Waals surface area contributed by atoms with Gasteiger partial charge in [0.05, 0.1) is 23.3 Å². The number of halogens is 1. The smallest absolute Gasteiger partial charge is 0.242 e. The molecule has 7 heteroatoms. The Morgan fingerprint density at radius 1 is 1.09 bits per heavy atom. The molecule has 2 aromatic heterocycles. The summed E-state index contributed by atoms with van der Waals surface area (Å²) in [5, 5.41) is 0. The van der Waals surface area contributed by atoms with Crippen molar-refractivity contribution < 1.29 is 17.3 Å². The average Bonchev–Trinajstić information content (AvgIpc) is 3.17. The minimum absolute atomic E-state index is 0.0710. The van der Waals surface area contributed by atoms with Crippen LogP contribution in [0.2, 0.25) is 0 Å². The van der Waals surface area contributed by atoms with Gasteiger partial charge in [-0.2, -0.15) is 0 Å². The minimum atomic E-state index is -3.61. The van der Waals surface area contributed by atoms with Crippen molar-refractivity contribution in [2.75, 3.05) is 0 Å². The third kappa shape index (κ3) is 3.16. The maximum absolute atomic E-state index is 12.3. The lowest BCUT2D eigenvalue weighted by atomic mass is 10.3. The van der Waals surface area contributed by atoms with Gasteiger partial charge in [0, 0.05) is 4.47 Å². The molecule has 0 radical (unpaired) electrons. The molecule has 0 fully saturated rings. The van der Waals surface area contributed by atoms with Gasteiger partial charge >= 0.3 is 0 Å². The van der Waals surface area contributed by atoms with Crippen LogP contribution in [0, 0.1) is 0 Å². The highest BCUT2D eigenvalue weighted by atomic mass is 79.9. The van der Waals surface area contributed by atoms with Gasteiger partial charge in [0.2, 0.25) is 10.0 Å². The van der Waals surface area contributed by atoms with E-state index in [1.165, 1.54) is 6.07 Å². The van der Waals surface area contributed by atoms with Crippen molar-refractivity contribution in [2.45, 2.75) is 11.4 Å². The topological polar surface area (TPSA) is 72.5 Å². The lowest BCUT2D eigenvalue weighted by Crippen LogP contribution is -2.23. The fraction of sp³-hybridized carbons (Fsp3) is 0.0667. The van der Waals surface area contributed by atoms with E-state index in [-0.39, 0.29) is 11.4 Å². The molecule has 1 aromatic carbocycles. The lowest BCUT2D eigenvalue weighted by molar-refractivity contribution is 0.507. The molecule has 0 saturated carbocycles. The molecule has 0 spiro atoms. The molecule has 0 bridgehead atoms. The Bertz CT molecular complexity index is 869. The molecule has 2 heterocycles. The van der Waals surface area contributed by atoms with Gasteiger partial charge in [0.1, 0.15) is 17.8 Å². The first-order valence-electron chi connectivity index (χ1n) is 6.42. The standard InChI is InChI=1S/C15H12BrNO4S/c16-13-3-1-2-4-15(13)22(18,19)17-9-12-5-6-14(21-12)11-7-8-20-10-11/h1-8,10,17H,9H2. The van der Waals surface area contributed by atoms with Crippen LogP contribution in [0.1, 0.15) is 5.76 Å². The van der Waals surface area contributed by atoms with Gasteiger partial charge in [0.25, 0.3) is 0 Å². The number of rotatable bonds is 5. The summed E-state index contributed by atoms with van der Waals surface area (Å²) in [6, 6.07) is 11.9. The van der Waals surface area contributed by atoms with E-state index < -0.39 is 10.0 Å². The first kappa shape index (κ1) is 15.1. The second kappa shape index (κ2) is 6.12. The third-order valence-corrected chi connectivity index (χ3v) is 5.44. The van der Waals surface area contributed by atoms with Gasteiger partial charge in [0.15, 0.2) is 0 Å². The minimum Gasteiger partial charge on any atom is -0.472 e. The maximum atomic E-state index is 12.3. The molecule has 0 amide bonds. The normalized spacial score (nSPS) is 11.7. The molecule has 1 N–H and O–H groups in total. The summed E-state index contributed by atoms with van der Waals surface area (Å²) in [6.07, 6.45) is 3.11. The van der Waals surface area contributed by atoms with E-state index in [0.29, 0.717) is 16.0 Å². The highest BCUT2D eigenvalue weighted by Crippen LogP contribution is 2.24. The summed E-state index contributed by atoms with van der Waals surface area (Å²) in [4.78, 5) is 0.191. The van der Waals surface area contributed by atoms with E-state index in [4.69, 9.17) is 8.83 Å². The maximum Gasteiger partial charge on any atom is 0.242 e. The molecule has 0 saturated heterocycles. The van der Waals surface area contributed by atoms with E-state index >= 15 is 0 Å². The van der Waals surface area contributed by atoms with Crippen LogP contribution in [0.3, 0.4) is 0 Å². The molecular weight excluding hydrogens is 370 g/mol. The highest BCUT2D eigenvalue weighted by Gasteiger charge is 2.17. The van der Waals surface area contributed by atoms with Crippen molar-refractivity contribution in [3.63, 3.8) is 0 Å². The highest BCUT2D eigenvalue weighted by molar-refractivity contribution is 9.10. The number of nitrogens with one attached hydrogen (secondary N) is 1. The Hall–Kier alpha value is -1.83. The van der Waals surface area contributed by atoms with Gasteiger partial charge in [-0.15, -0.1) is 0 Å². The van der Waals surface area contributed by atoms with Gasteiger partial charge in [-0.1, -0.05) is 12.1 Å². The predicted molar refractivity (Wildman–Crippen MR) is 84.6 cm³/mol. The number of furan rings is 2. The second-order valence-corrected chi connectivity index (χ2v) is 7.12. The van der Waals surface area contributed by atoms with Crippen LogP contribution in [0.5, 0.6) is 0 Å². The Morgan fingerprint density at radius 3 is 2.64 bits per heavy atom. The number of benzene rings is 1. The summed E-state index contributed by atoms with van der Waals surface area (Å²) in [6.45, 7) is 0.0710. The Morgan fingerprint density at radius 2 is 1.91 bits per heavy atom. The fourth-order valence-corrected chi connectivity index (χ4v) is 3.93. The zero-order valence-electron chi connectivity index (χ0n) is 11.3. The van der Waals surface area contributed by atoms with E-state index in [1.54, 1.807) is 48.9 Å². The van der Waals surface area contributed by atoms with Crippen molar-refractivity contribution in [2.24, 2.45) is 0 Å². The first-order chi connectivity index (χ1) is 10.6. The third-order valence-electron chi connectivity index (χ3n) is 3.03.